The first kappa shape index (κ1) is 14.5. The second-order valence-corrected chi connectivity index (χ2v) is 6.98. The number of piperazine rings is 1. The maximum absolute atomic E-state index is 12.5. The van der Waals surface area contributed by atoms with Gasteiger partial charge >= 0.3 is 0 Å². The van der Waals surface area contributed by atoms with Crippen LogP contribution in [0.1, 0.15) is 12.5 Å². The average Bonchev–Trinajstić information content (AvgIpc) is 2.41. The quantitative estimate of drug-likeness (QED) is 0.875. The molecular formula is C13H21N3O2S. The molecule has 0 saturated carbocycles. The Kier molecular flexibility index (Phi) is 4.25. The van der Waals surface area contributed by atoms with E-state index in [1.165, 1.54) is 0 Å². The van der Waals surface area contributed by atoms with Crippen LogP contribution in [0.2, 0.25) is 0 Å². The van der Waals surface area contributed by atoms with Crippen LogP contribution in [0.3, 0.4) is 0 Å². The van der Waals surface area contributed by atoms with Crippen LogP contribution in [-0.4, -0.2) is 50.3 Å². The van der Waals surface area contributed by atoms with E-state index in [4.69, 9.17) is 5.73 Å². The normalized spacial score (nSPS) is 22.6. The van der Waals surface area contributed by atoms with E-state index < -0.39 is 10.0 Å². The number of rotatable bonds is 3. The van der Waals surface area contributed by atoms with Crippen molar-refractivity contribution in [3.8, 4) is 0 Å². The van der Waals surface area contributed by atoms with Crippen molar-refractivity contribution in [3.63, 3.8) is 0 Å². The largest absolute Gasteiger partial charge is 0.326 e. The highest BCUT2D eigenvalue weighted by molar-refractivity contribution is 7.89. The van der Waals surface area contributed by atoms with E-state index in [9.17, 15) is 8.42 Å². The molecule has 0 amide bonds. The second kappa shape index (κ2) is 5.58. The van der Waals surface area contributed by atoms with Gasteiger partial charge in [0.05, 0.1) is 4.90 Å². The van der Waals surface area contributed by atoms with Crippen molar-refractivity contribution in [1.29, 1.82) is 0 Å². The van der Waals surface area contributed by atoms with E-state index >= 15 is 0 Å². The Morgan fingerprint density at radius 2 is 1.89 bits per heavy atom. The maximum Gasteiger partial charge on any atom is 0.243 e. The Morgan fingerprint density at radius 3 is 2.42 bits per heavy atom. The van der Waals surface area contributed by atoms with Crippen molar-refractivity contribution >= 4 is 10.0 Å². The first-order valence-corrected chi connectivity index (χ1v) is 7.88. The predicted octanol–water partition coefficient (Wildman–Crippen LogP) is 0.470. The summed E-state index contributed by atoms with van der Waals surface area (Å²) in [7, 11) is -1.36. The van der Waals surface area contributed by atoms with Gasteiger partial charge in [0.2, 0.25) is 10.0 Å². The Hall–Kier alpha value is -0.950. The summed E-state index contributed by atoms with van der Waals surface area (Å²) in [5.74, 6) is 0. The third-order valence-corrected chi connectivity index (χ3v) is 5.60. The molecule has 0 aromatic heterocycles. The van der Waals surface area contributed by atoms with Gasteiger partial charge in [0.25, 0.3) is 0 Å². The Balaban J connectivity index is 2.21. The van der Waals surface area contributed by atoms with Crippen molar-refractivity contribution in [2.75, 3.05) is 26.7 Å². The molecule has 1 unspecified atom stereocenters. The number of nitrogens with zero attached hydrogens (tertiary/aromatic N) is 2. The fourth-order valence-electron chi connectivity index (χ4n) is 2.18. The van der Waals surface area contributed by atoms with Crippen LogP contribution in [-0.2, 0) is 16.6 Å². The van der Waals surface area contributed by atoms with Crippen molar-refractivity contribution in [3.05, 3.63) is 29.8 Å². The number of likely N-dealkylation sites (N-methyl/N-ethyl adjacent to an activating group) is 1. The summed E-state index contributed by atoms with van der Waals surface area (Å²) >= 11 is 0. The van der Waals surface area contributed by atoms with Crippen molar-refractivity contribution in [1.82, 2.24) is 9.21 Å². The van der Waals surface area contributed by atoms with E-state index in [1.54, 1.807) is 28.6 Å². The summed E-state index contributed by atoms with van der Waals surface area (Å²) < 4.78 is 26.6. The zero-order valence-electron chi connectivity index (χ0n) is 11.4. The van der Waals surface area contributed by atoms with Gasteiger partial charge in [0.15, 0.2) is 0 Å². The summed E-state index contributed by atoms with van der Waals surface area (Å²) in [5, 5.41) is 0. The Bertz CT molecular complexity index is 527. The molecule has 1 saturated heterocycles. The zero-order valence-corrected chi connectivity index (χ0v) is 12.2. The van der Waals surface area contributed by atoms with E-state index in [2.05, 4.69) is 4.90 Å². The lowest BCUT2D eigenvalue weighted by molar-refractivity contribution is 0.159. The molecule has 19 heavy (non-hydrogen) atoms. The minimum absolute atomic E-state index is 0.242. The van der Waals surface area contributed by atoms with Gasteiger partial charge in [0.1, 0.15) is 0 Å². The molecule has 1 aromatic carbocycles. The molecule has 1 heterocycles. The van der Waals surface area contributed by atoms with Crippen LogP contribution in [0.4, 0.5) is 0 Å². The molecule has 1 aliphatic heterocycles. The summed E-state index contributed by atoms with van der Waals surface area (Å²) in [6, 6.07) is 7.06. The molecule has 0 bridgehead atoms. The van der Waals surface area contributed by atoms with Gasteiger partial charge in [-0.05, 0) is 31.7 Å². The third-order valence-electron chi connectivity index (χ3n) is 3.72. The maximum atomic E-state index is 12.5. The highest BCUT2D eigenvalue weighted by Gasteiger charge is 2.30. The summed E-state index contributed by atoms with van der Waals surface area (Å²) in [5.41, 5.74) is 6.46. The SMILES string of the molecule is CC1CN(S(=O)(=O)c2ccc(CN)cc2)CCN1C. The summed E-state index contributed by atoms with van der Waals surface area (Å²) in [6.07, 6.45) is 0. The predicted molar refractivity (Wildman–Crippen MR) is 75.2 cm³/mol. The molecule has 0 aliphatic carbocycles. The van der Waals surface area contributed by atoms with Crippen LogP contribution in [0.25, 0.3) is 0 Å². The zero-order chi connectivity index (χ0) is 14.0. The standard InChI is InChI=1S/C13H21N3O2S/c1-11-10-16(8-7-15(11)2)19(17,18)13-5-3-12(9-14)4-6-13/h3-6,11H,7-10,14H2,1-2H3. The molecule has 6 heteroatoms. The lowest BCUT2D eigenvalue weighted by Crippen LogP contribution is -2.51. The Morgan fingerprint density at radius 1 is 1.26 bits per heavy atom. The average molecular weight is 283 g/mol. The molecule has 2 rings (SSSR count). The minimum atomic E-state index is -3.38. The van der Waals surface area contributed by atoms with Crippen LogP contribution in [0.5, 0.6) is 0 Å². The van der Waals surface area contributed by atoms with E-state index in [0.717, 1.165) is 12.1 Å². The number of nitrogens with two attached hydrogens (primary N) is 1. The van der Waals surface area contributed by atoms with Gasteiger partial charge in [-0.15, -0.1) is 0 Å². The van der Waals surface area contributed by atoms with Gasteiger partial charge < -0.3 is 10.6 Å². The van der Waals surface area contributed by atoms with Crippen LogP contribution in [0.15, 0.2) is 29.2 Å². The molecule has 1 fully saturated rings. The highest BCUT2D eigenvalue weighted by atomic mass is 32.2. The summed E-state index contributed by atoms with van der Waals surface area (Å²) in [6.45, 7) is 4.31. The fraction of sp³-hybridized carbons (Fsp3) is 0.538. The summed E-state index contributed by atoms with van der Waals surface area (Å²) in [4.78, 5) is 2.52. The first-order valence-electron chi connectivity index (χ1n) is 6.44. The van der Waals surface area contributed by atoms with Crippen LogP contribution in [0, 0.1) is 0 Å². The molecule has 0 radical (unpaired) electrons. The van der Waals surface area contributed by atoms with Gasteiger partial charge in [0, 0.05) is 32.2 Å². The van der Waals surface area contributed by atoms with E-state index in [0.29, 0.717) is 24.5 Å². The number of sulfonamides is 1. The number of hydrogen-bond donors (Lipinski definition) is 1. The van der Waals surface area contributed by atoms with E-state index in [-0.39, 0.29) is 6.04 Å². The van der Waals surface area contributed by atoms with Gasteiger partial charge in [-0.2, -0.15) is 4.31 Å². The van der Waals surface area contributed by atoms with Crippen molar-refractivity contribution in [2.45, 2.75) is 24.4 Å². The smallest absolute Gasteiger partial charge is 0.243 e. The molecule has 1 aromatic rings. The number of hydrogen-bond acceptors (Lipinski definition) is 4. The van der Waals surface area contributed by atoms with Crippen LogP contribution >= 0.6 is 0 Å². The highest BCUT2D eigenvalue weighted by Crippen LogP contribution is 2.19. The molecule has 1 aliphatic rings. The van der Waals surface area contributed by atoms with Gasteiger partial charge in [-0.25, -0.2) is 8.42 Å². The number of benzene rings is 1. The fourth-order valence-corrected chi connectivity index (χ4v) is 3.69. The molecule has 106 valence electrons. The van der Waals surface area contributed by atoms with E-state index in [1.807, 2.05) is 14.0 Å². The third kappa shape index (κ3) is 2.97. The topological polar surface area (TPSA) is 66.6 Å². The lowest BCUT2D eigenvalue weighted by Gasteiger charge is -2.36. The van der Waals surface area contributed by atoms with Crippen LogP contribution < -0.4 is 5.73 Å². The Labute approximate surface area is 115 Å². The molecule has 1 atom stereocenters. The minimum Gasteiger partial charge on any atom is -0.326 e. The molecule has 0 spiro atoms. The monoisotopic (exact) mass is 283 g/mol. The first-order chi connectivity index (χ1) is 8.95. The lowest BCUT2D eigenvalue weighted by atomic mass is 10.2. The van der Waals surface area contributed by atoms with Crippen molar-refractivity contribution in [2.24, 2.45) is 5.73 Å². The van der Waals surface area contributed by atoms with Gasteiger partial charge in [-0.1, -0.05) is 12.1 Å². The molecule has 5 nitrogen and oxygen atoms in total. The second-order valence-electron chi connectivity index (χ2n) is 5.04. The molecular weight excluding hydrogens is 262 g/mol. The van der Waals surface area contributed by atoms with Gasteiger partial charge in [-0.3, -0.25) is 0 Å². The van der Waals surface area contributed by atoms with Crippen molar-refractivity contribution < 1.29 is 8.42 Å². The molecule has 2 N–H and O–H groups in total.